The van der Waals surface area contributed by atoms with Crippen LogP contribution in [0.3, 0.4) is 0 Å². The minimum atomic E-state index is 0.286. The van der Waals surface area contributed by atoms with Crippen LogP contribution in [-0.2, 0) is 6.42 Å². The van der Waals surface area contributed by atoms with Crippen molar-refractivity contribution >= 4 is 0 Å². The molecule has 2 nitrogen and oxygen atoms in total. The summed E-state index contributed by atoms with van der Waals surface area (Å²) in [4.78, 5) is 2.37. The van der Waals surface area contributed by atoms with Crippen molar-refractivity contribution in [1.29, 1.82) is 0 Å². The first-order valence-electron chi connectivity index (χ1n) is 7.64. The molecular formula is C19H26N2. The van der Waals surface area contributed by atoms with Crippen LogP contribution >= 0.6 is 0 Å². The number of aryl methyl sites for hydroxylation is 1. The van der Waals surface area contributed by atoms with Crippen LogP contribution in [0.25, 0.3) is 0 Å². The van der Waals surface area contributed by atoms with E-state index in [-0.39, 0.29) is 6.04 Å². The smallest absolute Gasteiger partial charge is 0.0470 e. The monoisotopic (exact) mass is 282 g/mol. The van der Waals surface area contributed by atoms with Crippen LogP contribution in [0.1, 0.15) is 28.3 Å². The van der Waals surface area contributed by atoms with Crippen molar-refractivity contribution in [2.24, 2.45) is 5.73 Å². The van der Waals surface area contributed by atoms with Gasteiger partial charge in [-0.2, -0.15) is 0 Å². The number of rotatable bonds is 6. The maximum atomic E-state index is 6.05. The summed E-state index contributed by atoms with van der Waals surface area (Å²) < 4.78 is 0. The molecule has 2 aromatic rings. The molecule has 0 bridgehead atoms. The molecule has 1 atom stereocenters. The van der Waals surface area contributed by atoms with Gasteiger partial charge in [0.1, 0.15) is 0 Å². The Hall–Kier alpha value is -1.64. The number of nitrogens with zero attached hydrogens (tertiary/aromatic N) is 1. The molecule has 0 amide bonds. The molecule has 2 N–H and O–H groups in total. The fourth-order valence-electron chi connectivity index (χ4n) is 2.79. The Kier molecular flexibility index (Phi) is 5.54. The van der Waals surface area contributed by atoms with Gasteiger partial charge in [0.05, 0.1) is 0 Å². The van der Waals surface area contributed by atoms with Crippen molar-refractivity contribution in [3.63, 3.8) is 0 Å². The van der Waals surface area contributed by atoms with E-state index in [1.165, 1.54) is 22.3 Å². The first-order chi connectivity index (χ1) is 10.1. The number of benzene rings is 2. The molecule has 0 spiro atoms. The maximum Gasteiger partial charge on any atom is 0.0470 e. The fraction of sp³-hybridized carbons (Fsp3) is 0.368. The molecule has 112 valence electrons. The van der Waals surface area contributed by atoms with Gasteiger partial charge in [0, 0.05) is 19.1 Å². The number of nitrogens with two attached hydrogens (primary N) is 1. The summed E-state index contributed by atoms with van der Waals surface area (Å²) in [7, 11) is 2.17. The first-order valence-corrected chi connectivity index (χ1v) is 7.64. The lowest BCUT2D eigenvalue weighted by molar-refractivity contribution is 0.252. The van der Waals surface area contributed by atoms with Gasteiger partial charge in [0.25, 0.3) is 0 Å². The Labute approximate surface area is 128 Å². The van der Waals surface area contributed by atoms with Gasteiger partial charge in [-0.05, 0) is 49.6 Å². The molecule has 2 aromatic carbocycles. The molecule has 2 rings (SSSR count). The van der Waals surface area contributed by atoms with Crippen LogP contribution in [0.4, 0.5) is 0 Å². The Morgan fingerprint density at radius 1 is 1.00 bits per heavy atom. The van der Waals surface area contributed by atoms with Gasteiger partial charge in [0.2, 0.25) is 0 Å². The number of hydrogen-bond donors (Lipinski definition) is 1. The zero-order valence-electron chi connectivity index (χ0n) is 13.3. The van der Waals surface area contributed by atoms with E-state index in [1.807, 2.05) is 0 Å². The summed E-state index contributed by atoms with van der Waals surface area (Å²) in [6.45, 7) is 6.02. The Morgan fingerprint density at radius 3 is 2.38 bits per heavy atom. The molecule has 0 aliphatic carbocycles. The van der Waals surface area contributed by atoms with Crippen molar-refractivity contribution in [3.05, 3.63) is 70.8 Å². The largest absolute Gasteiger partial charge is 0.329 e. The van der Waals surface area contributed by atoms with E-state index in [0.717, 1.165) is 13.0 Å². The van der Waals surface area contributed by atoms with Gasteiger partial charge in [-0.25, -0.2) is 0 Å². The third kappa shape index (κ3) is 3.93. The van der Waals surface area contributed by atoms with Crippen molar-refractivity contribution in [1.82, 2.24) is 4.90 Å². The summed E-state index contributed by atoms with van der Waals surface area (Å²) in [6, 6.07) is 17.4. The highest BCUT2D eigenvalue weighted by Gasteiger charge is 2.17. The molecule has 21 heavy (non-hydrogen) atoms. The minimum absolute atomic E-state index is 0.286. The van der Waals surface area contributed by atoms with E-state index in [1.54, 1.807) is 0 Å². The summed E-state index contributed by atoms with van der Waals surface area (Å²) in [5, 5.41) is 0. The molecule has 0 radical (unpaired) electrons. The molecule has 0 heterocycles. The molecular weight excluding hydrogens is 256 g/mol. The van der Waals surface area contributed by atoms with E-state index < -0.39 is 0 Å². The van der Waals surface area contributed by atoms with Crippen LogP contribution in [0.15, 0.2) is 48.5 Å². The van der Waals surface area contributed by atoms with Crippen LogP contribution in [-0.4, -0.2) is 25.0 Å². The van der Waals surface area contributed by atoms with Crippen LogP contribution in [0.5, 0.6) is 0 Å². The normalized spacial score (nSPS) is 12.6. The highest BCUT2D eigenvalue weighted by molar-refractivity contribution is 5.35. The Bertz CT molecular complexity index is 563. The molecule has 1 unspecified atom stereocenters. The van der Waals surface area contributed by atoms with Gasteiger partial charge in [-0.3, -0.25) is 4.90 Å². The summed E-state index contributed by atoms with van der Waals surface area (Å²) in [6.07, 6.45) is 1.05. The van der Waals surface area contributed by atoms with Gasteiger partial charge < -0.3 is 5.73 Å². The van der Waals surface area contributed by atoms with Gasteiger partial charge in [-0.15, -0.1) is 0 Å². The summed E-state index contributed by atoms with van der Waals surface area (Å²) in [5.74, 6) is 0. The second-order valence-corrected chi connectivity index (χ2v) is 5.76. The topological polar surface area (TPSA) is 29.3 Å². The number of likely N-dealkylation sites (N-methyl/N-ethyl adjacent to an activating group) is 1. The molecule has 0 fully saturated rings. The first kappa shape index (κ1) is 15.7. The average Bonchev–Trinajstić information content (AvgIpc) is 2.51. The van der Waals surface area contributed by atoms with Gasteiger partial charge in [-0.1, -0.05) is 48.5 Å². The van der Waals surface area contributed by atoms with Gasteiger partial charge >= 0.3 is 0 Å². The lowest BCUT2D eigenvalue weighted by atomic mass is 9.96. The lowest BCUT2D eigenvalue weighted by Gasteiger charge is -2.29. The standard InChI is InChI=1S/C19H26N2/c1-15-8-7-11-18(16(15)2)19(14-20)21(3)13-12-17-9-5-4-6-10-17/h4-11,19H,12-14,20H2,1-3H3. The van der Waals surface area contributed by atoms with E-state index >= 15 is 0 Å². The lowest BCUT2D eigenvalue weighted by Crippen LogP contribution is -2.32. The zero-order valence-corrected chi connectivity index (χ0v) is 13.3. The zero-order chi connectivity index (χ0) is 15.2. The van der Waals surface area contributed by atoms with Crippen LogP contribution in [0, 0.1) is 13.8 Å². The van der Waals surface area contributed by atoms with E-state index in [9.17, 15) is 0 Å². The fourth-order valence-corrected chi connectivity index (χ4v) is 2.79. The van der Waals surface area contributed by atoms with Crippen molar-refractivity contribution in [2.75, 3.05) is 20.1 Å². The minimum Gasteiger partial charge on any atom is -0.329 e. The predicted molar refractivity (Wildman–Crippen MR) is 90.5 cm³/mol. The molecule has 0 aromatic heterocycles. The van der Waals surface area contributed by atoms with E-state index in [0.29, 0.717) is 6.54 Å². The van der Waals surface area contributed by atoms with Crippen molar-refractivity contribution in [2.45, 2.75) is 26.3 Å². The highest BCUT2D eigenvalue weighted by atomic mass is 15.1. The average molecular weight is 282 g/mol. The summed E-state index contributed by atoms with van der Waals surface area (Å²) >= 11 is 0. The van der Waals surface area contributed by atoms with Crippen molar-refractivity contribution < 1.29 is 0 Å². The third-order valence-electron chi connectivity index (χ3n) is 4.36. The quantitative estimate of drug-likeness (QED) is 0.879. The van der Waals surface area contributed by atoms with E-state index in [2.05, 4.69) is 74.3 Å². The SMILES string of the molecule is Cc1cccc(C(CN)N(C)CCc2ccccc2)c1C. The highest BCUT2D eigenvalue weighted by Crippen LogP contribution is 2.24. The molecule has 0 aliphatic heterocycles. The Morgan fingerprint density at radius 2 is 1.71 bits per heavy atom. The van der Waals surface area contributed by atoms with Crippen LogP contribution in [0.2, 0.25) is 0 Å². The third-order valence-corrected chi connectivity index (χ3v) is 4.36. The van der Waals surface area contributed by atoms with Gasteiger partial charge in [0.15, 0.2) is 0 Å². The molecule has 0 saturated heterocycles. The molecule has 0 saturated carbocycles. The van der Waals surface area contributed by atoms with E-state index in [4.69, 9.17) is 5.73 Å². The molecule has 0 aliphatic rings. The molecule has 2 heteroatoms. The Balaban J connectivity index is 2.08. The predicted octanol–water partition coefficient (Wildman–Crippen LogP) is 3.48. The summed E-state index contributed by atoms with van der Waals surface area (Å²) in [5.41, 5.74) is 11.5. The van der Waals surface area contributed by atoms with Crippen molar-refractivity contribution in [3.8, 4) is 0 Å². The second kappa shape index (κ2) is 7.39. The number of hydrogen-bond acceptors (Lipinski definition) is 2. The second-order valence-electron chi connectivity index (χ2n) is 5.76. The van der Waals surface area contributed by atoms with Crippen LogP contribution < -0.4 is 5.73 Å². The maximum absolute atomic E-state index is 6.05.